The van der Waals surface area contributed by atoms with E-state index in [4.69, 9.17) is 0 Å². The van der Waals surface area contributed by atoms with E-state index >= 15 is 0 Å². The van der Waals surface area contributed by atoms with Crippen LogP contribution in [0.15, 0.2) is 36.8 Å². The number of piperazine rings is 1. The first-order chi connectivity index (χ1) is 14.3. The maximum Gasteiger partial charge on any atom is 0.139 e. The van der Waals surface area contributed by atoms with Crippen molar-refractivity contribution < 1.29 is 0 Å². The molecule has 0 saturated carbocycles. The monoisotopic (exact) mass is 389 g/mol. The van der Waals surface area contributed by atoms with Crippen molar-refractivity contribution >= 4 is 22.4 Å². The third-order valence-electron chi connectivity index (χ3n) is 5.96. The van der Waals surface area contributed by atoms with Gasteiger partial charge in [0.05, 0.1) is 11.2 Å². The lowest BCUT2D eigenvalue weighted by Crippen LogP contribution is -2.46. The fourth-order valence-corrected chi connectivity index (χ4v) is 4.40. The van der Waals surface area contributed by atoms with E-state index in [0.717, 1.165) is 68.7 Å². The Kier molecular flexibility index (Phi) is 4.97. The molecule has 2 aromatic heterocycles. The molecular formula is C22H27N7. The fraction of sp³-hybridized carbons (Fsp3) is 0.455. The zero-order valence-electron chi connectivity index (χ0n) is 17.0. The second kappa shape index (κ2) is 7.91. The van der Waals surface area contributed by atoms with Gasteiger partial charge >= 0.3 is 0 Å². The SMILES string of the molecule is Cc1nccc(CN2CCN(c3ccc4ncnc(N5CCCC5)c4c3)CC2)n1. The van der Waals surface area contributed by atoms with Crippen LogP contribution in [0.2, 0.25) is 0 Å². The molecule has 3 aromatic rings. The van der Waals surface area contributed by atoms with Crippen molar-refractivity contribution in [2.24, 2.45) is 0 Å². The molecule has 2 saturated heterocycles. The van der Waals surface area contributed by atoms with Crippen molar-refractivity contribution in [1.82, 2.24) is 24.8 Å². The quantitative estimate of drug-likeness (QED) is 0.680. The minimum atomic E-state index is 0.841. The highest BCUT2D eigenvalue weighted by Crippen LogP contribution is 2.30. The summed E-state index contributed by atoms with van der Waals surface area (Å²) in [5, 5.41) is 1.17. The zero-order valence-corrected chi connectivity index (χ0v) is 17.0. The molecule has 1 aromatic carbocycles. The number of hydrogen-bond donors (Lipinski definition) is 0. The van der Waals surface area contributed by atoms with Crippen LogP contribution >= 0.6 is 0 Å². The van der Waals surface area contributed by atoms with Crippen molar-refractivity contribution in [1.29, 1.82) is 0 Å². The van der Waals surface area contributed by atoms with Gasteiger partial charge in [0.2, 0.25) is 0 Å². The van der Waals surface area contributed by atoms with E-state index in [1.54, 1.807) is 6.33 Å². The summed E-state index contributed by atoms with van der Waals surface area (Å²) in [5.74, 6) is 1.93. The standard InChI is InChI=1S/C22H27N7/c1-17-23-7-6-18(26-17)15-27-10-12-28(13-11-27)19-4-5-21-20(14-19)22(25-16-24-21)29-8-2-3-9-29/h4-7,14,16H,2-3,8-13,15H2,1H3. The average molecular weight is 390 g/mol. The Balaban J connectivity index is 1.31. The van der Waals surface area contributed by atoms with Gasteiger partial charge in [0, 0.05) is 63.1 Å². The van der Waals surface area contributed by atoms with Gasteiger partial charge in [-0.1, -0.05) is 0 Å². The molecule has 0 spiro atoms. The Morgan fingerprint density at radius 2 is 1.69 bits per heavy atom. The first kappa shape index (κ1) is 18.2. The van der Waals surface area contributed by atoms with Gasteiger partial charge in [-0.25, -0.2) is 19.9 Å². The largest absolute Gasteiger partial charge is 0.369 e. The number of hydrogen-bond acceptors (Lipinski definition) is 7. The van der Waals surface area contributed by atoms with Crippen LogP contribution in [0, 0.1) is 6.92 Å². The Hall–Kier alpha value is -2.80. The maximum atomic E-state index is 4.62. The Bertz CT molecular complexity index is 991. The van der Waals surface area contributed by atoms with Crippen molar-refractivity contribution in [3.05, 3.63) is 48.3 Å². The summed E-state index contributed by atoms with van der Waals surface area (Å²) in [6.45, 7) is 9.12. The van der Waals surface area contributed by atoms with E-state index in [0.29, 0.717) is 0 Å². The Morgan fingerprint density at radius 1 is 0.862 bits per heavy atom. The lowest BCUT2D eigenvalue weighted by molar-refractivity contribution is 0.247. The third-order valence-corrected chi connectivity index (χ3v) is 5.96. The van der Waals surface area contributed by atoms with Crippen LogP contribution in [-0.2, 0) is 6.54 Å². The zero-order chi connectivity index (χ0) is 19.6. The molecule has 4 heterocycles. The molecule has 2 aliphatic heterocycles. The van der Waals surface area contributed by atoms with Gasteiger partial charge in [-0.2, -0.15) is 0 Å². The fourth-order valence-electron chi connectivity index (χ4n) is 4.40. The van der Waals surface area contributed by atoms with E-state index in [-0.39, 0.29) is 0 Å². The molecule has 29 heavy (non-hydrogen) atoms. The van der Waals surface area contributed by atoms with Crippen molar-refractivity contribution in [2.75, 3.05) is 49.1 Å². The highest BCUT2D eigenvalue weighted by Gasteiger charge is 2.20. The predicted octanol–water partition coefficient (Wildman–Crippen LogP) is 2.65. The highest BCUT2D eigenvalue weighted by atomic mass is 15.3. The summed E-state index contributed by atoms with van der Waals surface area (Å²) in [4.78, 5) is 25.2. The number of nitrogens with zero attached hydrogens (tertiary/aromatic N) is 7. The van der Waals surface area contributed by atoms with Gasteiger partial charge in [-0.3, -0.25) is 4.90 Å². The summed E-state index contributed by atoms with van der Waals surface area (Å²) < 4.78 is 0. The van der Waals surface area contributed by atoms with E-state index in [1.807, 2.05) is 19.2 Å². The average Bonchev–Trinajstić information content (AvgIpc) is 3.28. The van der Waals surface area contributed by atoms with Crippen LogP contribution in [0.1, 0.15) is 24.4 Å². The number of aryl methyl sites for hydroxylation is 1. The van der Waals surface area contributed by atoms with Gasteiger partial charge in [-0.05, 0) is 44.0 Å². The van der Waals surface area contributed by atoms with Gasteiger partial charge in [0.1, 0.15) is 18.0 Å². The molecule has 0 bridgehead atoms. The summed E-state index contributed by atoms with van der Waals surface area (Å²) >= 11 is 0. The van der Waals surface area contributed by atoms with E-state index in [9.17, 15) is 0 Å². The van der Waals surface area contributed by atoms with Crippen LogP contribution in [0.5, 0.6) is 0 Å². The molecular weight excluding hydrogens is 362 g/mol. The Morgan fingerprint density at radius 3 is 2.48 bits per heavy atom. The van der Waals surface area contributed by atoms with Crippen molar-refractivity contribution in [3.8, 4) is 0 Å². The third kappa shape index (κ3) is 3.87. The molecule has 7 nitrogen and oxygen atoms in total. The smallest absolute Gasteiger partial charge is 0.139 e. The molecule has 2 aliphatic rings. The van der Waals surface area contributed by atoms with Crippen LogP contribution in [0.4, 0.5) is 11.5 Å². The lowest BCUT2D eigenvalue weighted by atomic mass is 10.1. The highest BCUT2D eigenvalue weighted by molar-refractivity contribution is 5.92. The van der Waals surface area contributed by atoms with Gasteiger partial charge < -0.3 is 9.80 Å². The Labute approximate surface area is 171 Å². The number of benzene rings is 1. The lowest BCUT2D eigenvalue weighted by Gasteiger charge is -2.36. The van der Waals surface area contributed by atoms with E-state index in [1.165, 1.54) is 23.9 Å². The molecule has 2 fully saturated rings. The van der Waals surface area contributed by atoms with Crippen LogP contribution < -0.4 is 9.80 Å². The molecule has 0 radical (unpaired) electrons. The molecule has 5 rings (SSSR count). The van der Waals surface area contributed by atoms with E-state index < -0.39 is 0 Å². The maximum absolute atomic E-state index is 4.62. The summed E-state index contributed by atoms with van der Waals surface area (Å²) in [6.07, 6.45) is 6.05. The molecule has 0 unspecified atom stereocenters. The summed E-state index contributed by atoms with van der Waals surface area (Å²) in [6, 6.07) is 8.64. The second-order valence-corrected chi connectivity index (χ2v) is 7.95. The molecule has 150 valence electrons. The molecule has 0 amide bonds. The van der Waals surface area contributed by atoms with Crippen LogP contribution in [0.25, 0.3) is 10.9 Å². The van der Waals surface area contributed by atoms with Crippen molar-refractivity contribution in [3.63, 3.8) is 0 Å². The van der Waals surface area contributed by atoms with E-state index in [2.05, 4.69) is 52.8 Å². The number of aromatic nitrogens is 4. The second-order valence-electron chi connectivity index (χ2n) is 7.95. The van der Waals surface area contributed by atoms with Crippen LogP contribution in [-0.4, -0.2) is 64.1 Å². The molecule has 0 N–H and O–H groups in total. The predicted molar refractivity (Wildman–Crippen MR) is 115 cm³/mol. The number of fused-ring (bicyclic) bond motifs is 1. The first-order valence-corrected chi connectivity index (χ1v) is 10.5. The first-order valence-electron chi connectivity index (χ1n) is 10.5. The van der Waals surface area contributed by atoms with Gasteiger partial charge in [0.15, 0.2) is 0 Å². The van der Waals surface area contributed by atoms with Crippen molar-refractivity contribution in [2.45, 2.75) is 26.3 Å². The topological polar surface area (TPSA) is 61.3 Å². The van der Waals surface area contributed by atoms with Crippen LogP contribution in [0.3, 0.4) is 0 Å². The molecule has 7 heteroatoms. The number of anilines is 2. The summed E-state index contributed by atoms with van der Waals surface area (Å²) in [5.41, 5.74) is 3.40. The normalized spacial score (nSPS) is 18.0. The number of rotatable bonds is 4. The minimum absolute atomic E-state index is 0.841. The molecule has 0 atom stereocenters. The minimum Gasteiger partial charge on any atom is -0.369 e. The van der Waals surface area contributed by atoms with Gasteiger partial charge in [-0.15, -0.1) is 0 Å². The van der Waals surface area contributed by atoms with Gasteiger partial charge in [0.25, 0.3) is 0 Å². The summed E-state index contributed by atoms with van der Waals surface area (Å²) in [7, 11) is 0. The molecule has 0 aliphatic carbocycles.